The van der Waals surface area contributed by atoms with Gasteiger partial charge in [0.1, 0.15) is 0 Å². The van der Waals surface area contributed by atoms with Gasteiger partial charge in [0.05, 0.1) is 5.25 Å². The Hall–Kier alpha value is 0.160. The summed E-state index contributed by atoms with van der Waals surface area (Å²) >= 11 is 0. The molecule has 16 heavy (non-hydrogen) atoms. The molecule has 0 aromatic heterocycles. The van der Waals surface area contributed by atoms with Crippen molar-refractivity contribution in [3.05, 3.63) is 0 Å². The average molecular weight is 269 g/mol. The highest BCUT2D eigenvalue weighted by molar-refractivity contribution is 7.89. The number of hydrogen-bond donors (Lipinski definition) is 1. The van der Waals surface area contributed by atoms with Crippen molar-refractivity contribution in [3.8, 4) is 0 Å². The van der Waals surface area contributed by atoms with Crippen LogP contribution < -0.4 is 5.32 Å². The molecule has 0 aromatic rings. The van der Waals surface area contributed by atoms with Gasteiger partial charge in [-0.15, -0.1) is 12.4 Å². The lowest BCUT2D eigenvalue weighted by molar-refractivity contribution is 0.232. The minimum atomic E-state index is -2.97. The molecule has 0 radical (unpaired) electrons. The Morgan fingerprint density at radius 1 is 1.12 bits per heavy atom. The molecule has 1 aliphatic heterocycles. The first-order valence-corrected chi connectivity index (χ1v) is 7.31. The fourth-order valence-electron chi connectivity index (χ4n) is 2.40. The molecule has 96 valence electrons. The van der Waals surface area contributed by atoms with E-state index in [0.717, 1.165) is 25.7 Å². The predicted octanol–water partition coefficient (Wildman–Crippen LogP) is 0.974. The standard InChI is InChI=1S/C10H20N2O2S.ClH/c1-11-9-7-12(8-9)15(13,14)10-5-3-2-4-6-10;/h9-11H,2-8H2,1H3;1H. The highest BCUT2D eigenvalue weighted by Gasteiger charge is 2.39. The molecule has 0 amide bonds. The Balaban J connectivity index is 0.00000128. The van der Waals surface area contributed by atoms with Gasteiger partial charge in [0, 0.05) is 19.1 Å². The maximum atomic E-state index is 12.1. The molecule has 0 aromatic carbocycles. The number of nitrogens with zero attached hydrogens (tertiary/aromatic N) is 1. The molecule has 0 bridgehead atoms. The van der Waals surface area contributed by atoms with Crippen LogP contribution in [-0.2, 0) is 10.0 Å². The lowest BCUT2D eigenvalue weighted by Crippen LogP contribution is -2.60. The molecule has 1 aliphatic carbocycles. The third-order valence-corrected chi connectivity index (χ3v) is 5.92. The van der Waals surface area contributed by atoms with Crippen molar-refractivity contribution in [3.63, 3.8) is 0 Å². The zero-order valence-corrected chi connectivity index (χ0v) is 11.3. The van der Waals surface area contributed by atoms with E-state index in [1.165, 1.54) is 6.42 Å². The molecule has 0 atom stereocenters. The number of nitrogens with one attached hydrogen (secondary N) is 1. The maximum Gasteiger partial charge on any atom is 0.217 e. The van der Waals surface area contributed by atoms with Crippen molar-refractivity contribution < 1.29 is 8.42 Å². The Bertz CT molecular complexity index is 309. The minimum Gasteiger partial charge on any atom is -0.314 e. The van der Waals surface area contributed by atoms with E-state index in [2.05, 4.69) is 5.32 Å². The van der Waals surface area contributed by atoms with Crippen LogP contribution in [0.5, 0.6) is 0 Å². The molecule has 2 rings (SSSR count). The number of likely N-dealkylation sites (N-methyl/N-ethyl adjacent to an activating group) is 1. The molecule has 1 heterocycles. The van der Waals surface area contributed by atoms with E-state index < -0.39 is 10.0 Å². The maximum absolute atomic E-state index is 12.1. The van der Waals surface area contributed by atoms with Gasteiger partial charge >= 0.3 is 0 Å². The monoisotopic (exact) mass is 268 g/mol. The van der Waals surface area contributed by atoms with Crippen LogP contribution >= 0.6 is 12.4 Å². The Morgan fingerprint density at radius 3 is 2.19 bits per heavy atom. The van der Waals surface area contributed by atoms with Gasteiger partial charge in [0.25, 0.3) is 0 Å². The van der Waals surface area contributed by atoms with E-state index in [-0.39, 0.29) is 17.7 Å². The predicted molar refractivity (Wildman–Crippen MR) is 67.5 cm³/mol. The van der Waals surface area contributed by atoms with E-state index in [0.29, 0.717) is 19.1 Å². The summed E-state index contributed by atoms with van der Waals surface area (Å²) in [6.07, 6.45) is 5.08. The minimum absolute atomic E-state index is 0. The smallest absolute Gasteiger partial charge is 0.217 e. The fourth-order valence-corrected chi connectivity index (χ4v) is 4.53. The summed E-state index contributed by atoms with van der Waals surface area (Å²) in [6, 6.07) is 0.364. The molecule has 1 saturated carbocycles. The summed E-state index contributed by atoms with van der Waals surface area (Å²) in [5, 5.41) is 3.01. The van der Waals surface area contributed by atoms with Crippen molar-refractivity contribution in [2.45, 2.75) is 43.4 Å². The first-order valence-electron chi connectivity index (χ1n) is 5.81. The van der Waals surface area contributed by atoms with Gasteiger partial charge in [-0.25, -0.2) is 8.42 Å². The lowest BCUT2D eigenvalue weighted by Gasteiger charge is -2.40. The van der Waals surface area contributed by atoms with Crippen LogP contribution in [0.25, 0.3) is 0 Å². The topological polar surface area (TPSA) is 49.4 Å². The Kier molecular flexibility index (Phi) is 5.04. The summed E-state index contributed by atoms with van der Waals surface area (Å²) in [7, 11) is -1.09. The third kappa shape index (κ3) is 2.70. The average Bonchev–Trinajstić information content (AvgIpc) is 2.17. The van der Waals surface area contributed by atoms with Crippen molar-refractivity contribution in [1.82, 2.24) is 9.62 Å². The number of rotatable bonds is 3. The van der Waals surface area contributed by atoms with Crippen LogP contribution in [0.1, 0.15) is 32.1 Å². The second kappa shape index (κ2) is 5.67. The van der Waals surface area contributed by atoms with E-state index in [9.17, 15) is 8.42 Å². The van der Waals surface area contributed by atoms with E-state index >= 15 is 0 Å². The van der Waals surface area contributed by atoms with Gasteiger partial charge in [-0.05, 0) is 19.9 Å². The van der Waals surface area contributed by atoms with Gasteiger partial charge in [0.15, 0.2) is 0 Å². The molecule has 4 nitrogen and oxygen atoms in total. The summed E-state index contributed by atoms with van der Waals surface area (Å²) in [5.74, 6) is 0. The number of halogens is 1. The fraction of sp³-hybridized carbons (Fsp3) is 1.00. The normalized spacial score (nSPS) is 24.8. The summed E-state index contributed by atoms with van der Waals surface area (Å²) in [5.41, 5.74) is 0. The molecule has 6 heteroatoms. The van der Waals surface area contributed by atoms with E-state index in [1.807, 2.05) is 7.05 Å². The molecule has 1 N–H and O–H groups in total. The molecular weight excluding hydrogens is 248 g/mol. The summed E-state index contributed by atoms with van der Waals surface area (Å²) in [4.78, 5) is 0. The lowest BCUT2D eigenvalue weighted by atomic mass is 10.0. The highest BCUT2D eigenvalue weighted by atomic mass is 35.5. The molecule has 0 unspecified atom stereocenters. The van der Waals surface area contributed by atoms with Crippen LogP contribution in [0.4, 0.5) is 0 Å². The largest absolute Gasteiger partial charge is 0.314 e. The van der Waals surface area contributed by atoms with E-state index in [1.54, 1.807) is 4.31 Å². The molecule has 1 saturated heterocycles. The molecule has 0 spiro atoms. The number of hydrogen-bond acceptors (Lipinski definition) is 3. The highest BCUT2D eigenvalue weighted by Crippen LogP contribution is 2.28. The molecule has 2 aliphatic rings. The van der Waals surface area contributed by atoms with Gasteiger partial charge in [-0.1, -0.05) is 19.3 Å². The van der Waals surface area contributed by atoms with E-state index in [4.69, 9.17) is 0 Å². The number of sulfonamides is 1. The van der Waals surface area contributed by atoms with Crippen LogP contribution in [0.3, 0.4) is 0 Å². The second-order valence-electron chi connectivity index (χ2n) is 4.61. The SMILES string of the molecule is CNC1CN(S(=O)(=O)C2CCCCC2)C1.Cl. The quantitative estimate of drug-likeness (QED) is 0.830. The van der Waals surface area contributed by atoms with Crippen molar-refractivity contribution in [2.75, 3.05) is 20.1 Å². The summed E-state index contributed by atoms with van der Waals surface area (Å²) < 4.78 is 25.9. The van der Waals surface area contributed by atoms with Crippen LogP contribution in [0.15, 0.2) is 0 Å². The van der Waals surface area contributed by atoms with Gasteiger partial charge in [-0.3, -0.25) is 0 Å². The molecule has 2 fully saturated rings. The van der Waals surface area contributed by atoms with Crippen molar-refractivity contribution in [1.29, 1.82) is 0 Å². The summed E-state index contributed by atoms with van der Waals surface area (Å²) in [6.45, 7) is 1.32. The Morgan fingerprint density at radius 2 is 1.69 bits per heavy atom. The second-order valence-corrected chi connectivity index (χ2v) is 6.82. The first-order chi connectivity index (χ1) is 7.14. The van der Waals surface area contributed by atoms with Crippen LogP contribution in [0.2, 0.25) is 0 Å². The van der Waals surface area contributed by atoms with Crippen molar-refractivity contribution >= 4 is 22.4 Å². The van der Waals surface area contributed by atoms with Crippen molar-refractivity contribution in [2.24, 2.45) is 0 Å². The first kappa shape index (κ1) is 14.2. The van der Waals surface area contributed by atoms with Crippen LogP contribution in [-0.4, -0.2) is 44.2 Å². The zero-order chi connectivity index (χ0) is 10.9. The third-order valence-electron chi connectivity index (χ3n) is 3.59. The Labute approximate surface area is 104 Å². The molecular formula is C10H21ClN2O2S. The van der Waals surface area contributed by atoms with Gasteiger partial charge in [-0.2, -0.15) is 4.31 Å². The zero-order valence-electron chi connectivity index (χ0n) is 9.68. The van der Waals surface area contributed by atoms with Gasteiger partial charge < -0.3 is 5.32 Å². The van der Waals surface area contributed by atoms with Crippen LogP contribution in [0, 0.1) is 0 Å². The van der Waals surface area contributed by atoms with Gasteiger partial charge in [0.2, 0.25) is 10.0 Å².